The van der Waals surface area contributed by atoms with Crippen LogP contribution in [0.5, 0.6) is 0 Å². The zero-order valence-electron chi connectivity index (χ0n) is 4.21. The topological polar surface area (TPSA) is 35.6 Å². The molecule has 1 aliphatic heterocycles. The average molecular weight is 168 g/mol. The lowest BCUT2D eigenvalue weighted by Crippen LogP contribution is -2.43. The molecule has 0 spiro atoms. The smallest absolute Gasteiger partial charge is 0.262 e. The normalized spacial score (nSPS) is 20.2. The van der Waals surface area contributed by atoms with Crippen molar-refractivity contribution >= 4 is 29.5 Å². The third-order valence-corrected chi connectivity index (χ3v) is 1.31. The van der Waals surface area contributed by atoms with E-state index in [9.17, 15) is 4.79 Å². The number of halogens is 2. The second kappa shape index (κ2) is 2.43. The summed E-state index contributed by atoms with van der Waals surface area (Å²) < 4.78 is 1.84. The molecule has 1 rings (SSSR count). The van der Waals surface area contributed by atoms with Gasteiger partial charge in [0, 0.05) is 35.8 Å². The van der Waals surface area contributed by atoms with Crippen LogP contribution in [0, 0.1) is 0 Å². The Balaban J connectivity index is 2.65. The number of nitrogens with one attached hydrogen (secondary N) is 1. The Morgan fingerprint density at radius 2 is 2.22 bits per heavy atom. The minimum atomic E-state index is -0.304. The molecule has 0 aliphatic carbocycles. The average Bonchev–Trinajstić information content (AvgIpc) is 1.80. The quantitative estimate of drug-likeness (QED) is 0.530. The maximum absolute atomic E-state index is 10.4. The Kier molecular flexibility index (Phi) is 1.80. The Labute approximate surface area is 61.8 Å². The molecule has 0 aromatic rings. The molecular weight excluding hydrogens is 165 g/mol. The number of amides is 1. The molecule has 0 aromatic heterocycles. The highest BCUT2D eigenvalue weighted by Gasteiger charge is 2.13. The highest BCUT2D eigenvalue weighted by atomic mass is 35.5. The summed E-state index contributed by atoms with van der Waals surface area (Å²) in [6.07, 6.45) is 2.58. The molecule has 1 N–H and O–H groups in total. The van der Waals surface area contributed by atoms with Gasteiger partial charge in [0.05, 0.1) is 0 Å². The van der Waals surface area contributed by atoms with Gasteiger partial charge in [0.25, 0.3) is 5.91 Å². The van der Waals surface area contributed by atoms with Crippen LogP contribution in [0.25, 0.3) is 0 Å². The fraction of sp³-hybridized carbons (Fsp3) is 0. The van der Waals surface area contributed by atoms with Crippen molar-refractivity contribution in [2.75, 3.05) is 0 Å². The monoisotopic (exact) mass is 167 g/mol. The largest absolute Gasteiger partial charge is 0.268 e. The van der Waals surface area contributed by atoms with Crippen molar-refractivity contribution in [2.45, 2.75) is 0 Å². The highest BCUT2D eigenvalue weighted by Crippen LogP contribution is 2.06. The highest BCUT2D eigenvalue weighted by molar-refractivity contribution is 6.20. The molecule has 0 atom stereocenters. The molecule has 0 saturated heterocycles. The van der Waals surface area contributed by atoms with Crippen molar-refractivity contribution in [1.29, 1.82) is 0 Å². The molecule has 0 unspecified atom stereocenters. The van der Waals surface area contributed by atoms with Gasteiger partial charge in [-0.15, -0.1) is 0 Å². The fourth-order valence-corrected chi connectivity index (χ4v) is 0.592. The lowest BCUT2D eigenvalue weighted by molar-refractivity contribution is -0.122. The van der Waals surface area contributed by atoms with Crippen LogP contribution in [0.1, 0.15) is 0 Å². The Morgan fingerprint density at radius 1 is 1.56 bits per heavy atom. The second-order valence-electron chi connectivity index (χ2n) is 1.34. The molecule has 9 heavy (non-hydrogen) atoms. The zero-order chi connectivity index (χ0) is 6.85. The van der Waals surface area contributed by atoms with Gasteiger partial charge in [0.15, 0.2) is 0 Å². The molecule has 50 valence electrons. The van der Waals surface area contributed by atoms with E-state index in [2.05, 4.69) is 5.43 Å². The van der Waals surface area contributed by atoms with Gasteiger partial charge in [-0.05, 0) is 4.64 Å². The van der Waals surface area contributed by atoms with E-state index < -0.39 is 0 Å². The molecule has 0 aromatic carbocycles. The number of hydrogen-bond donors (Lipinski definition) is 1. The van der Waals surface area contributed by atoms with Gasteiger partial charge < -0.3 is 0 Å². The molecule has 1 aliphatic rings. The van der Waals surface area contributed by atoms with E-state index in [1.807, 2.05) is 0 Å². The van der Waals surface area contributed by atoms with E-state index in [-0.39, 0.29) is 5.91 Å². The Bertz CT molecular complexity index is 159. The zero-order valence-corrected chi connectivity index (χ0v) is 5.73. The first kappa shape index (κ1) is 6.67. The van der Waals surface area contributed by atoms with Crippen LogP contribution in [0.4, 0.5) is 0 Å². The summed E-state index contributed by atoms with van der Waals surface area (Å²) >= 11 is 10.7. The first-order valence-electron chi connectivity index (χ1n) is 2.10. The number of nitrogens with zero attached hydrogens (tertiary/aromatic N) is 2. The van der Waals surface area contributed by atoms with E-state index in [1.165, 1.54) is 12.3 Å². The summed E-state index contributed by atoms with van der Waals surface area (Å²) in [6.45, 7) is 0. The van der Waals surface area contributed by atoms with E-state index in [0.717, 1.165) is 9.16 Å². The number of hydrogen-bond acceptors (Lipinski definition) is 3. The van der Waals surface area contributed by atoms with Gasteiger partial charge in [-0.3, -0.25) is 10.2 Å². The van der Waals surface area contributed by atoms with E-state index >= 15 is 0 Å². The predicted octanol–water partition coefficient (Wildman–Crippen LogP) is 0.371. The van der Waals surface area contributed by atoms with Crippen molar-refractivity contribution in [3.05, 3.63) is 12.3 Å². The van der Waals surface area contributed by atoms with Crippen LogP contribution < -0.4 is 5.43 Å². The van der Waals surface area contributed by atoms with Crippen LogP contribution >= 0.6 is 23.6 Å². The van der Waals surface area contributed by atoms with Crippen molar-refractivity contribution in [3.8, 4) is 0 Å². The lowest BCUT2D eigenvalue weighted by Gasteiger charge is -2.22. The van der Waals surface area contributed by atoms with Crippen LogP contribution in [-0.2, 0) is 4.79 Å². The lowest BCUT2D eigenvalue weighted by atomic mass is 10.6. The van der Waals surface area contributed by atoms with Gasteiger partial charge in [-0.2, -0.15) is 4.53 Å². The van der Waals surface area contributed by atoms with Gasteiger partial charge >= 0.3 is 0 Å². The summed E-state index contributed by atoms with van der Waals surface area (Å²) in [5.41, 5.74) is 2.20. The Morgan fingerprint density at radius 3 is 2.67 bits per heavy atom. The molecule has 1 heterocycles. The van der Waals surface area contributed by atoms with E-state index in [0.29, 0.717) is 0 Å². The predicted molar refractivity (Wildman–Crippen MR) is 32.7 cm³/mol. The van der Waals surface area contributed by atoms with Crippen molar-refractivity contribution < 1.29 is 4.79 Å². The van der Waals surface area contributed by atoms with Crippen molar-refractivity contribution in [1.82, 2.24) is 14.6 Å². The third-order valence-electron chi connectivity index (χ3n) is 0.719. The van der Waals surface area contributed by atoms with Crippen LogP contribution in [0.2, 0.25) is 0 Å². The maximum atomic E-state index is 10.4. The number of carbonyl (C=O) groups excluding carboxylic acids is 1. The van der Waals surface area contributed by atoms with Gasteiger partial charge in [0.1, 0.15) is 0 Å². The standard InChI is InChI=1S/C3H3Cl2N3O/c4-7-2-1-3(9)6-8(7)5/h1-2H,(H,6,9). The Hall–Kier alpha value is -0.450. The van der Waals surface area contributed by atoms with Gasteiger partial charge in [-0.25, -0.2) is 0 Å². The minimum absolute atomic E-state index is 0.304. The minimum Gasteiger partial charge on any atom is -0.268 e. The molecule has 0 radical (unpaired) electrons. The second-order valence-corrected chi connectivity index (χ2v) is 2.01. The molecule has 1 amide bonds. The summed E-state index contributed by atoms with van der Waals surface area (Å²) in [5.74, 6) is -0.304. The number of hydrazine groups is 2. The molecule has 0 bridgehead atoms. The SMILES string of the molecule is O=C1C=CN(Cl)N(Cl)N1. The molecule has 6 heteroatoms. The maximum Gasteiger partial charge on any atom is 0.262 e. The summed E-state index contributed by atoms with van der Waals surface area (Å²) in [5, 5.41) is 0. The summed E-state index contributed by atoms with van der Waals surface area (Å²) in [7, 11) is 0. The van der Waals surface area contributed by atoms with Gasteiger partial charge in [-0.1, -0.05) is 0 Å². The molecule has 0 saturated carbocycles. The van der Waals surface area contributed by atoms with Crippen LogP contribution in [0.15, 0.2) is 12.3 Å². The fourth-order valence-electron chi connectivity index (χ4n) is 0.364. The first-order valence-corrected chi connectivity index (χ1v) is 2.77. The summed E-state index contributed by atoms with van der Waals surface area (Å²) in [4.78, 5) is 10.4. The number of rotatable bonds is 0. The molecule has 4 nitrogen and oxygen atoms in total. The van der Waals surface area contributed by atoms with E-state index in [1.54, 1.807) is 0 Å². The van der Waals surface area contributed by atoms with Crippen LogP contribution in [-0.4, -0.2) is 15.1 Å². The first-order chi connectivity index (χ1) is 4.20. The third kappa shape index (κ3) is 1.48. The number of carbonyl (C=O) groups is 1. The van der Waals surface area contributed by atoms with Gasteiger partial charge in [0.2, 0.25) is 0 Å². The van der Waals surface area contributed by atoms with Crippen LogP contribution in [0.3, 0.4) is 0 Å². The summed E-state index contributed by atoms with van der Waals surface area (Å²) in [6, 6.07) is 0. The van der Waals surface area contributed by atoms with Crippen molar-refractivity contribution in [3.63, 3.8) is 0 Å². The van der Waals surface area contributed by atoms with Crippen molar-refractivity contribution in [2.24, 2.45) is 0 Å². The molecule has 0 fully saturated rings. The molecular formula is C3H3Cl2N3O. The van der Waals surface area contributed by atoms with E-state index in [4.69, 9.17) is 23.6 Å².